The van der Waals surface area contributed by atoms with Crippen molar-refractivity contribution >= 4 is 68.6 Å². The molecule has 3 heterocycles. The highest BCUT2D eigenvalue weighted by atomic mass is 35.7. The van der Waals surface area contributed by atoms with Crippen molar-refractivity contribution in [2.75, 3.05) is 139 Å². The number of rotatable bonds is 15. The topological polar surface area (TPSA) is 269 Å². The third-order valence-electron chi connectivity index (χ3n) is 7.51. The van der Waals surface area contributed by atoms with Crippen LogP contribution in [0.15, 0.2) is 54.6 Å². The van der Waals surface area contributed by atoms with Crippen LogP contribution in [0.25, 0.3) is 0 Å². The van der Waals surface area contributed by atoms with E-state index in [1.54, 1.807) is 29.2 Å². The molecular weight excluding hydrogens is 926 g/mol. The highest BCUT2D eigenvalue weighted by Crippen LogP contribution is 2.40. The van der Waals surface area contributed by atoms with Gasteiger partial charge in [-0.2, -0.15) is 16.8 Å². The molecule has 3 aliphatic heterocycles. The van der Waals surface area contributed by atoms with Crippen LogP contribution in [0.4, 0.5) is 17.1 Å². The van der Waals surface area contributed by atoms with E-state index in [0.717, 1.165) is 36.0 Å². The van der Waals surface area contributed by atoms with Crippen LogP contribution in [0.2, 0.25) is 0 Å². The fourth-order valence-corrected chi connectivity index (χ4v) is 6.01. The van der Waals surface area contributed by atoms with Crippen molar-refractivity contribution < 1.29 is 77.4 Å². The zero-order chi connectivity index (χ0) is 46.2. The van der Waals surface area contributed by atoms with E-state index >= 15 is 0 Å². The van der Waals surface area contributed by atoms with Crippen molar-refractivity contribution in [1.29, 1.82) is 0 Å². The molecule has 0 saturated heterocycles. The van der Waals surface area contributed by atoms with E-state index in [4.69, 9.17) is 69.4 Å². The number of hydrogen-bond donors (Lipinski definition) is 4. The standard InChI is InChI=1S/C14H21NO8S2.C12H17NO4.C8H9NO2.C2H5ClO.CH3ClO2S/c1-24(16,17)22-8-6-15(7-9-23-25(2,18)19)12-4-3-5-13-14(12)21-11-10-20-13;14-6-4-13(5-7-15)10-2-1-3-11-12(10)17-9-8-16-11;9-6-2-1-3-7-8(6)11-5-4-10-7;3-1-2-4;1-5(2,3)4/h3-5H,6-11H2,1-2H3;1-3,14-15H,4-9H2;1-3H,4-5,9H2;4H,1-2H2;1H3. The number of anilines is 3. The van der Waals surface area contributed by atoms with Crippen molar-refractivity contribution in [3.63, 3.8) is 0 Å². The van der Waals surface area contributed by atoms with Crippen LogP contribution in [0.3, 0.4) is 0 Å². The summed E-state index contributed by atoms with van der Waals surface area (Å²) >= 11 is 4.94. The fraction of sp³-hybridized carbons (Fsp3) is 0.514. The van der Waals surface area contributed by atoms with E-state index in [2.05, 4.69) is 10.7 Å². The molecule has 20 nitrogen and oxygen atoms in total. The molecule has 0 radical (unpaired) electrons. The van der Waals surface area contributed by atoms with Crippen LogP contribution in [0.5, 0.6) is 34.5 Å². The summed E-state index contributed by atoms with van der Waals surface area (Å²) in [6.45, 7) is 4.36. The van der Waals surface area contributed by atoms with Gasteiger partial charge in [-0.3, -0.25) is 8.37 Å². The van der Waals surface area contributed by atoms with Crippen LogP contribution >= 0.6 is 22.3 Å². The van der Waals surface area contributed by atoms with Gasteiger partial charge in [-0.15, -0.1) is 11.6 Å². The highest BCUT2D eigenvalue weighted by molar-refractivity contribution is 8.13. The average molecular weight is 981 g/mol. The molecule has 6 rings (SSSR count). The molecule has 0 aromatic heterocycles. The number of para-hydroxylation sites is 3. The summed E-state index contributed by atoms with van der Waals surface area (Å²) in [7, 11) is -5.84. The van der Waals surface area contributed by atoms with Crippen molar-refractivity contribution in [2.24, 2.45) is 0 Å². The van der Waals surface area contributed by atoms with Gasteiger partial charge in [0.05, 0.1) is 68.9 Å². The van der Waals surface area contributed by atoms with Gasteiger partial charge < -0.3 is 59.3 Å². The maximum absolute atomic E-state index is 11.1. The second-order valence-corrected chi connectivity index (χ2v) is 19.3. The Morgan fingerprint density at radius 1 is 0.565 bits per heavy atom. The number of nitrogens with two attached hydrogens (primary N) is 1. The summed E-state index contributed by atoms with van der Waals surface area (Å²) < 4.78 is 106. The van der Waals surface area contributed by atoms with Gasteiger partial charge in [-0.05, 0) is 36.4 Å². The number of nitrogens with zero attached hydrogens (tertiary/aromatic N) is 2. The Labute approximate surface area is 372 Å². The van der Waals surface area contributed by atoms with Gasteiger partial charge in [0.15, 0.2) is 34.5 Å². The zero-order valence-corrected chi connectivity index (χ0v) is 38.5. The Hall–Kier alpha value is -3.91. The van der Waals surface area contributed by atoms with E-state index in [1.165, 1.54) is 0 Å². The third kappa shape index (κ3) is 21.9. The summed E-state index contributed by atoms with van der Waals surface area (Å²) in [6.07, 6.45) is 2.85. The second-order valence-electron chi connectivity index (χ2n) is 12.5. The minimum absolute atomic E-state index is 0.0323. The summed E-state index contributed by atoms with van der Waals surface area (Å²) in [5, 5.41) is 25.8. The number of nitrogen functional groups attached to an aromatic ring is 1. The summed E-state index contributed by atoms with van der Waals surface area (Å²) in [4.78, 5) is 3.61. The first-order valence-electron chi connectivity index (χ1n) is 18.7. The molecule has 3 aromatic rings. The number of alkyl halides is 1. The zero-order valence-electron chi connectivity index (χ0n) is 34.5. The molecule has 0 bridgehead atoms. The normalized spacial score (nSPS) is 13.5. The monoisotopic (exact) mass is 979 g/mol. The molecular formula is C37H55Cl2N3O17S3. The van der Waals surface area contributed by atoms with E-state index in [1.807, 2.05) is 35.2 Å². The van der Waals surface area contributed by atoms with Crippen LogP contribution in [0.1, 0.15) is 0 Å². The molecule has 3 aromatic carbocycles. The van der Waals surface area contributed by atoms with E-state index in [0.29, 0.717) is 93.0 Å². The summed E-state index contributed by atoms with van der Waals surface area (Å²) in [5.74, 6) is 4.28. The quantitative estimate of drug-likeness (QED) is 0.0733. The number of benzene rings is 3. The first-order chi connectivity index (χ1) is 29.3. The molecule has 0 atom stereocenters. The smallest absolute Gasteiger partial charge is 0.264 e. The molecule has 5 N–H and O–H groups in total. The van der Waals surface area contributed by atoms with Gasteiger partial charge in [0.2, 0.25) is 9.05 Å². The molecule has 0 amide bonds. The lowest BCUT2D eigenvalue weighted by Crippen LogP contribution is -2.33. The second kappa shape index (κ2) is 28.0. The lowest BCUT2D eigenvalue weighted by molar-refractivity contribution is 0.171. The van der Waals surface area contributed by atoms with Crippen LogP contribution in [-0.2, 0) is 37.7 Å². The number of aliphatic hydroxyl groups excluding tert-OH is 3. The maximum atomic E-state index is 11.1. The summed E-state index contributed by atoms with van der Waals surface area (Å²) in [5.41, 5.74) is 7.77. The number of fused-ring (bicyclic) bond motifs is 3. The molecule has 62 heavy (non-hydrogen) atoms. The van der Waals surface area contributed by atoms with Crippen molar-refractivity contribution in [3.05, 3.63) is 54.6 Å². The highest BCUT2D eigenvalue weighted by Gasteiger charge is 2.22. The number of aliphatic hydroxyl groups is 3. The minimum Gasteiger partial charge on any atom is -0.486 e. The van der Waals surface area contributed by atoms with Gasteiger partial charge in [-0.1, -0.05) is 18.2 Å². The van der Waals surface area contributed by atoms with Gasteiger partial charge >= 0.3 is 0 Å². The molecule has 0 aliphatic carbocycles. The third-order valence-corrected chi connectivity index (χ3v) is 8.87. The first-order valence-corrected chi connectivity index (χ1v) is 25.6. The van der Waals surface area contributed by atoms with Crippen LogP contribution < -0.4 is 44.0 Å². The lowest BCUT2D eigenvalue weighted by Gasteiger charge is -2.29. The average Bonchev–Trinajstić information content (AvgIpc) is 3.22. The fourth-order valence-electron chi connectivity index (χ4n) is 5.26. The summed E-state index contributed by atoms with van der Waals surface area (Å²) in [6, 6.07) is 16.4. The van der Waals surface area contributed by atoms with Gasteiger partial charge in [-0.25, -0.2) is 8.42 Å². The number of ether oxygens (including phenoxy) is 6. The largest absolute Gasteiger partial charge is 0.486 e. The predicted molar refractivity (Wildman–Crippen MR) is 235 cm³/mol. The molecule has 0 saturated carbocycles. The molecule has 0 spiro atoms. The Morgan fingerprint density at radius 3 is 1.23 bits per heavy atom. The first kappa shape index (κ1) is 54.2. The Morgan fingerprint density at radius 2 is 0.887 bits per heavy atom. The van der Waals surface area contributed by atoms with Gasteiger partial charge in [0, 0.05) is 42.7 Å². The molecule has 0 fully saturated rings. The van der Waals surface area contributed by atoms with E-state index in [-0.39, 0.29) is 46.1 Å². The van der Waals surface area contributed by atoms with Crippen molar-refractivity contribution in [2.45, 2.75) is 0 Å². The Balaban J connectivity index is 0.000000307. The van der Waals surface area contributed by atoms with Crippen LogP contribution in [-0.4, -0.2) is 164 Å². The lowest BCUT2D eigenvalue weighted by atomic mass is 10.2. The Bertz CT molecular complexity index is 2070. The van der Waals surface area contributed by atoms with Crippen molar-refractivity contribution in [1.82, 2.24) is 0 Å². The van der Waals surface area contributed by atoms with Crippen molar-refractivity contribution in [3.8, 4) is 34.5 Å². The molecule has 3 aliphatic rings. The van der Waals surface area contributed by atoms with Crippen LogP contribution in [0, 0.1) is 0 Å². The molecule has 352 valence electrons. The predicted octanol–water partition coefficient (Wildman–Crippen LogP) is 1.91. The van der Waals surface area contributed by atoms with Gasteiger partial charge in [0.1, 0.15) is 39.6 Å². The molecule has 25 heteroatoms. The van der Waals surface area contributed by atoms with E-state index < -0.39 is 29.3 Å². The number of hydrogen-bond acceptors (Lipinski definition) is 20. The van der Waals surface area contributed by atoms with Gasteiger partial charge in [0.25, 0.3) is 20.2 Å². The maximum Gasteiger partial charge on any atom is 0.264 e. The Kier molecular flexibility index (Phi) is 24.5. The minimum atomic E-state index is -3.57. The molecule has 0 unspecified atom stereocenters. The SMILES string of the molecule is CS(=O)(=O)Cl.CS(=O)(=O)OCCN(CCOS(C)(=O)=O)c1cccc2c1OCCO2.Nc1cccc2c1OCCO2.OCCCl.OCCN(CCO)c1cccc2c1OCCO2. The number of halogens is 2. The van der Waals surface area contributed by atoms with E-state index in [9.17, 15) is 25.3 Å².